The molecule has 2 unspecified atom stereocenters. The van der Waals surface area contributed by atoms with E-state index >= 15 is 0 Å². The Balaban J connectivity index is 2.17. The minimum absolute atomic E-state index is 0.0209. The molecule has 0 radical (unpaired) electrons. The molecule has 162 valence electrons. The van der Waals surface area contributed by atoms with E-state index in [0.717, 1.165) is 10.5 Å². The minimum Gasteiger partial charge on any atom is -0.465 e. The third kappa shape index (κ3) is 5.84. The van der Waals surface area contributed by atoms with E-state index < -0.39 is 30.2 Å². The highest BCUT2D eigenvalue weighted by Gasteiger charge is 2.43. The predicted molar refractivity (Wildman–Crippen MR) is 105 cm³/mol. The molecular formula is C20H26N4O6. The van der Waals surface area contributed by atoms with Crippen molar-refractivity contribution in [2.75, 3.05) is 33.3 Å². The summed E-state index contributed by atoms with van der Waals surface area (Å²) in [5.41, 5.74) is 0.781. The summed E-state index contributed by atoms with van der Waals surface area (Å²) < 4.78 is 5.35. The van der Waals surface area contributed by atoms with Crippen LogP contribution in [0.1, 0.15) is 18.4 Å². The number of aliphatic hydroxyl groups is 1. The number of likely N-dealkylation sites (N-methyl/N-ethyl adjacent to an activating group) is 1. The first-order valence-electron chi connectivity index (χ1n) is 9.58. The number of carboxylic acid groups (broad SMARTS) is 1. The number of hydrogen-bond acceptors (Lipinski definition) is 6. The quantitative estimate of drug-likeness (QED) is 0.677. The second-order valence-electron chi connectivity index (χ2n) is 7.00. The van der Waals surface area contributed by atoms with E-state index in [9.17, 15) is 19.5 Å². The number of rotatable bonds is 7. The molecule has 3 amide bonds. The molecular weight excluding hydrogens is 392 g/mol. The first kappa shape index (κ1) is 23.0. The zero-order chi connectivity index (χ0) is 22.1. The lowest BCUT2D eigenvalue weighted by molar-refractivity contribution is -0.137. The molecule has 30 heavy (non-hydrogen) atoms. The van der Waals surface area contributed by atoms with Crippen LogP contribution < -0.4 is 0 Å². The van der Waals surface area contributed by atoms with Crippen LogP contribution in [0.5, 0.6) is 0 Å². The molecule has 0 aliphatic carbocycles. The topological polar surface area (TPSA) is 134 Å². The number of nitrogens with zero attached hydrogens (tertiary/aromatic N) is 4. The number of nitriles is 1. The average molecular weight is 418 g/mol. The van der Waals surface area contributed by atoms with Gasteiger partial charge in [-0.05, 0) is 12.0 Å². The Hall–Kier alpha value is -3.32. The predicted octanol–water partition coefficient (Wildman–Crippen LogP) is 1.11. The van der Waals surface area contributed by atoms with Gasteiger partial charge in [0.15, 0.2) is 0 Å². The van der Waals surface area contributed by atoms with Crippen molar-refractivity contribution in [2.45, 2.75) is 31.5 Å². The molecule has 0 aromatic heterocycles. The molecule has 2 rings (SSSR count). The Morgan fingerprint density at radius 2 is 1.93 bits per heavy atom. The number of amides is 3. The fraction of sp³-hybridized carbons (Fsp3) is 0.500. The highest BCUT2D eigenvalue weighted by atomic mass is 16.6. The van der Waals surface area contributed by atoms with E-state index in [0.29, 0.717) is 6.42 Å². The van der Waals surface area contributed by atoms with Crippen LogP contribution >= 0.6 is 0 Å². The first-order valence-corrected chi connectivity index (χ1v) is 9.58. The fourth-order valence-electron chi connectivity index (χ4n) is 3.29. The van der Waals surface area contributed by atoms with Crippen LogP contribution in [0.4, 0.5) is 9.59 Å². The standard InChI is InChI=1S/C20H26N4O6/c1-22(10-5-11-25)18(26)17-13-23(16(8-9-21)12-24(17)19(27)28)20(29)30-14-15-6-3-2-4-7-15/h2-4,6-7,16-17,25H,5,8,10-14H2,1H3,(H,27,28). The highest BCUT2D eigenvalue weighted by molar-refractivity contribution is 5.86. The van der Waals surface area contributed by atoms with Crippen LogP contribution in [0.15, 0.2) is 30.3 Å². The monoisotopic (exact) mass is 418 g/mol. The van der Waals surface area contributed by atoms with Crippen molar-refractivity contribution < 1.29 is 29.3 Å². The Bertz CT molecular complexity index is 781. The summed E-state index contributed by atoms with van der Waals surface area (Å²) in [6.45, 7) is -0.221. The van der Waals surface area contributed by atoms with Crippen molar-refractivity contribution in [1.29, 1.82) is 5.26 Å². The van der Waals surface area contributed by atoms with E-state index in [1.807, 2.05) is 24.3 Å². The van der Waals surface area contributed by atoms with Gasteiger partial charge < -0.3 is 19.8 Å². The molecule has 1 fully saturated rings. The largest absolute Gasteiger partial charge is 0.465 e. The van der Waals surface area contributed by atoms with Gasteiger partial charge in [-0.3, -0.25) is 14.6 Å². The van der Waals surface area contributed by atoms with Crippen LogP contribution in [0.25, 0.3) is 0 Å². The summed E-state index contributed by atoms with van der Waals surface area (Å²) in [6, 6.07) is 9.17. The highest BCUT2D eigenvalue weighted by Crippen LogP contribution is 2.21. The number of carbonyl (C=O) groups excluding carboxylic acids is 2. The zero-order valence-electron chi connectivity index (χ0n) is 16.8. The summed E-state index contributed by atoms with van der Waals surface area (Å²) >= 11 is 0. The van der Waals surface area contributed by atoms with Crippen molar-refractivity contribution in [1.82, 2.24) is 14.7 Å². The molecule has 1 aliphatic heterocycles. The van der Waals surface area contributed by atoms with Crippen LogP contribution in [0, 0.1) is 11.3 Å². The van der Waals surface area contributed by atoms with Crippen LogP contribution in [-0.4, -0.2) is 88.4 Å². The van der Waals surface area contributed by atoms with Crippen molar-refractivity contribution in [3.8, 4) is 6.07 Å². The number of benzene rings is 1. The van der Waals surface area contributed by atoms with Gasteiger partial charge in [-0.25, -0.2) is 9.59 Å². The first-order chi connectivity index (χ1) is 14.4. The maximum absolute atomic E-state index is 12.8. The normalized spacial score (nSPS) is 18.4. The summed E-state index contributed by atoms with van der Waals surface area (Å²) in [5, 5.41) is 27.7. The lowest BCUT2D eigenvalue weighted by atomic mass is 10.0. The molecule has 1 aromatic carbocycles. The molecule has 2 N–H and O–H groups in total. The molecule has 10 heteroatoms. The molecule has 1 saturated heterocycles. The number of ether oxygens (including phenoxy) is 1. The van der Waals surface area contributed by atoms with Crippen LogP contribution in [-0.2, 0) is 16.1 Å². The van der Waals surface area contributed by atoms with Crippen LogP contribution in [0.3, 0.4) is 0 Å². The van der Waals surface area contributed by atoms with E-state index in [1.165, 1.54) is 16.8 Å². The van der Waals surface area contributed by atoms with E-state index in [2.05, 4.69) is 0 Å². The van der Waals surface area contributed by atoms with Crippen LogP contribution in [0.2, 0.25) is 0 Å². The Morgan fingerprint density at radius 1 is 1.23 bits per heavy atom. The van der Waals surface area contributed by atoms with Gasteiger partial charge in [-0.15, -0.1) is 0 Å². The number of piperazine rings is 1. The number of carbonyl (C=O) groups is 3. The number of hydrogen-bond donors (Lipinski definition) is 2. The maximum Gasteiger partial charge on any atom is 0.410 e. The van der Waals surface area contributed by atoms with Gasteiger partial charge in [0.1, 0.15) is 12.6 Å². The smallest absolute Gasteiger partial charge is 0.410 e. The summed E-state index contributed by atoms with van der Waals surface area (Å²) in [4.78, 5) is 40.8. The Morgan fingerprint density at radius 3 is 2.53 bits per heavy atom. The van der Waals surface area contributed by atoms with E-state index in [-0.39, 0.29) is 39.3 Å². The van der Waals surface area contributed by atoms with Crippen molar-refractivity contribution in [3.63, 3.8) is 0 Å². The molecule has 10 nitrogen and oxygen atoms in total. The van der Waals surface area contributed by atoms with E-state index in [1.54, 1.807) is 12.1 Å². The molecule has 1 aromatic rings. The summed E-state index contributed by atoms with van der Waals surface area (Å²) in [6.07, 6.45) is -1.75. The fourth-order valence-corrected chi connectivity index (χ4v) is 3.29. The molecule has 0 bridgehead atoms. The lowest BCUT2D eigenvalue weighted by Gasteiger charge is -2.44. The Labute approximate surface area is 174 Å². The lowest BCUT2D eigenvalue weighted by Crippen LogP contribution is -2.65. The molecule has 2 atom stereocenters. The van der Waals surface area contributed by atoms with Crippen molar-refractivity contribution in [3.05, 3.63) is 35.9 Å². The summed E-state index contributed by atoms with van der Waals surface area (Å²) in [5.74, 6) is -0.484. The second-order valence-corrected chi connectivity index (χ2v) is 7.00. The van der Waals surface area contributed by atoms with Gasteiger partial charge in [0, 0.05) is 26.7 Å². The van der Waals surface area contributed by atoms with Crippen molar-refractivity contribution >= 4 is 18.1 Å². The van der Waals surface area contributed by atoms with Gasteiger partial charge in [0.25, 0.3) is 0 Å². The van der Waals surface area contributed by atoms with Gasteiger partial charge in [-0.2, -0.15) is 5.26 Å². The second kappa shape index (κ2) is 11.0. The van der Waals surface area contributed by atoms with E-state index in [4.69, 9.17) is 15.1 Å². The SMILES string of the molecule is CN(CCCO)C(=O)C1CN(C(=O)OCc2ccccc2)C(CC#N)CN1C(=O)O. The maximum atomic E-state index is 12.8. The molecule has 1 heterocycles. The Kier molecular flexibility index (Phi) is 8.43. The molecule has 0 saturated carbocycles. The van der Waals surface area contributed by atoms with Gasteiger partial charge in [0.05, 0.1) is 25.1 Å². The zero-order valence-corrected chi connectivity index (χ0v) is 16.8. The van der Waals surface area contributed by atoms with Gasteiger partial charge in [-0.1, -0.05) is 30.3 Å². The third-order valence-corrected chi connectivity index (χ3v) is 4.92. The van der Waals surface area contributed by atoms with Gasteiger partial charge >= 0.3 is 12.2 Å². The summed E-state index contributed by atoms with van der Waals surface area (Å²) in [7, 11) is 1.51. The average Bonchev–Trinajstić information content (AvgIpc) is 2.75. The van der Waals surface area contributed by atoms with Gasteiger partial charge in [0.2, 0.25) is 5.91 Å². The minimum atomic E-state index is -1.30. The number of aliphatic hydroxyl groups excluding tert-OH is 1. The van der Waals surface area contributed by atoms with Crippen molar-refractivity contribution in [2.24, 2.45) is 0 Å². The molecule has 0 spiro atoms. The molecule has 1 aliphatic rings. The third-order valence-electron chi connectivity index (χ3n) is 4.92.